The molecule has 0 aliphatic heterocycles. The number of hydrogen-bond acceptors (Lipinski definition) is 3. The van der Waals surface area contributed by atoms with E-state index in [-0.39, 0.29) is 45.0 Å². The molecule has 0 bridgehead atoms. The normalized spacial score (nSPS) is 13.7. The third-order valence-electron chi connectivity index (χ3n) is 6.53. The fourth-order valence-corrected chi connectivity index (χ4v) is 4.75. The number of halogens is 6. The topological polar surface area (TPSA) is 84.7 Å². The van der Waals surface area contributed by atoms with Gasteiger partial charge in [0.25, 0.3) is 11.5 Å². The van der Waals surface area contributed by atoms with Gasteiger partial charge >= 0.3 is 6.18 Å². The van der Waals surface area contributed by atoms with Crippen LogP contribution in [0.2, 0.25) is 5.02 Å². The van der Waals surface area contributed by atoms with Crippen molar-refractivity contribution in [2.24, 2.45) is 0 Å². The summed E-state index contributed by atoms with van der Waals surface area (Å²) in [5, 5.41) is 7.19. The van der Waals surface area contributed by atoms with E-state index in [1.807, 2.05) is 0 Å². The smallest absolute Gasteiger partial charge is 0.321 e. The number of pyridine rings is 1. The van der Waals surface area contributed by atoms with E-state index >= 15 is 0 Å². The maximum absolute atomic E-state index is 14.2. The van der Waals surface area contributed by atoms with Crippen molar-refractivity contribution < 1.29 is 26.7 Å². The molecule has 0 saturated heterocycles. The molecule has 6 rings (SSSR count). The molecule has 0 spiro atoms. The zero-order chi connectivity index (χ0) is 28.3. The minimum atomic E-state index is -4.88. The lowest BCUT2D eigenvalue weighted by Gasteiger charge is -2.11. The predicted octanol–water partition coefficient (Wildman–Crippen LogP) is 6.72. The van der Waals surface area contributed by atoms with Crippen LogP contribution in [0.1, 0.15) is 34.8 Å². The number of amides is 1. The Kier molecular flexibility index (Phi) is 6.02. The number of anilines is 1. The molecule has 3 heterocycles. The zero-order valence-electron chi connectivity index (χ0n) is 20.2. The lowest BCUT2D eigenvalue weighted by Crippen LogP contribution is -2.15. The van der Waals surface area contributed by atoms with Crippen molar-refractivity contribution in [2.75, 3.05) is 5.32 Å². The number of carbonyl (C=O) groups excluding carboxylic acids is 1. The Labute approximate surface area is 226 Å². The Morgan fingerprint density at radius 2 is 1.82 bits per heavy atom. The first-order valence-corrected chi connectivity index (χ1v) is 12.3. The molecule has 13 heteroatoms. The number of carbonyl (C=O) groups is 1. The van der Waals surface area contributed by atoms with Crippen molar-refractivity contribution in [2.45, 2.75) is 25.1 Å². The van der Waals surface area contributed by atoms with Gasteiger partial charge in [0, 0.05) is 35.0 Å². The molecule has 1 fully saturated rings. The van der Waals surface area contributed by atoms with Gasteiger partial charge in [-0.3, -0.25) is 14.3 Å². The summed E-state index contributed by atoms with van der Waals surface area (Å²) in [7, 11) is 0. The standard InChI is InChI=1S/C27H17ClF5N5O2/c28-20-4-1-15(29)8-19(20)25-24-21(35-26(40)13-5-14(27(31,32)33)7-16(30)6-13)12-37(22(24)9-23(39)36-25)18-10-34-38(11-18)17-2-3-17/h1,4-12,17H,2-3H2,(H,35,40)(H,36,39). The van der Waals surface area contributed by atoms with Crippen LogP contribution in [-0.4, -0.2) is 25.2 Å². The minimum Gasteiger partial charge on any atom is -0.321 e. The van der Waals surface area contributed by atoms with E-state index in [2.05, 4.69) is 15.4 Å². The van der Waals surface area contributed by atoms with E-state index in [4.69, 9.17) is 11.6 Å². The fourth-order valence-electron chi connectivity index (χ4n) is 4.54. The van der Waals surface area contributed by atoms with Gasteiger partial charge in [0.1, 0.15) is 11.6 Å². The number of hydrogen-bond donors (Lipinski definition) is 2. The van der Waals surface area contributed by atoms with Gasteiger partial charge in [-0.2, -0.15) is 18.3 Å². The van der Waals surface area contributed by atoms with E-state index < -0.39 is 40.4 Å². The van der Waals surface area contributed by atoms with E-state index in [1.54, 1.807) is 21.6 Å². The average molecular weight is 574 g/mol. The van der Waals surface area contributed by atoms with Crippen LogP contribution in [0.15, 0.2) is 65.8 Å². The van der Waals surface area contributed by atoms with E-state index in [9.17, 15) is 31.5 Å². The van der Waals surface area contributed by atoms with Crippen LogP contribution in [0.4, 0.5) is 27.6 Å². The molecule has 1 amide bonds. The van der Waals surface area contributed by atoms with Gasteiger partial charge in [-0.1, -0.05) is 11.6 Å². The molecule has 7 nitrogen and oxygen atoms in total. The molecular weight excluding hydrogens is 557 g/mol. The number of aromatic nitrogens is 4. The fraction of sp³-hybridized carbons (Fsp3) is 0.148. The summed E-state index contributed by atoms with van der Waals surface area (Å²) in [6.07, 6.45) is 1.80. The number of fused-ring (bicyclic) bond motifs is 1. The highest BCUT2D eigenvalue weighted by atomic mass is 35.5. The van der Waals surface area contributed by atoms with Gasteiger partial charge in [-0.15, -0.1) is 0 Å². The number of H-pyrrole nitrogens is 1. The van der Waals surface area contributed by atoms with Crippen LogP contribution in [0.5, 0.6) is 0 Å². The first kappa shape index (κ1) is 25.8. The molecule has 2 N–H and O–H groups in total. The van der Waals surface area contributed by atoms with Crippen LogP contribution in [0, 0.1) is 11.6 Å². The van der Waals surface area contributed by atoms with E-state index in [0.29, 0.717) is 17.8 Å². The van der Waals surface area contributed by atoms with Crippen molar-refractivity contribution in [1.29, 1.82) is 0 Å². The van der Waals surface area contributed by atoms with Crippen LogP contribution >= 0.6 is 11.6 Å². The molecular formula is C27H17ClF5N5O2. The first-order valence-electron chi connectivity index (χ1n) is 12.0. The number of nitrogens with zero attached hydrogens (tertiary/aromatic N) is 3. The number of benzene rings is 2. The van der Waals surface area contributed by atoms with Crippen LogP contribution in [-0.2, 0) is 6.18 Å². The molecule has 1 aliphatic rings. The quantitative estimate of drug-likeness (QED) is 0.229. The zero-order valence-corrected chi connectivity index (χ0v) is 20.9. The summed E-state index contributed by atoms with van der Waals surface area (Å²) in [6.45, 7) is 0. The SMILES string of the molecule is O=C(Nc1cn(-c2cnn(C3CC3)c2)c2cc(=O)[nH]c(-c3cc(F)ccc3Cl)c12)c1cc(F)cc(C(F)(F)F)c1. The second kappa shape index (κ2) is 9.33. The minimum absolute atomic E-state index is 0.0450. The summed E-state index contributed by atoms with van der Waals surface area (Å²) in [5.74, 6) is -2.93. The highest BCUT2D eigenvalue weighted by Crippen LogP contribution is 2.39. The molecule has 204 valence electrons. The van der Waals surface area contributed by atoms with E-state index in [1.165, 1.54) is 18.3 Å². The van der Waals surface area contributed by atoms with Crippen LogP contribution in [0.25, 0.3) is 27.8 Å². The lowest BCUT2D eigenvalue weighted by molar-refractivity contribution is -0.137. The average Bonchev–Trinajstić information content (AvgIpc) is 3.52. The number of aromatic amines is 1. The molecule has 1 aliphatic carbocycles. The number of nitrogens with one attached hydrogen (secondary N) is 2. The third kappa shape index (κ3) is 4.75. The molecule has 0 radical (unpaired) electrons. The van der Waals surface area contributed by atoms with Gasteiger partial charge in [0.05, 0.1) is 45.4 Å². The van der Waals surface area contributed by atoms with Crippen molar-refractivity contribution in [3.8, 4) is 16.9 Å². The first-order chi connectivity index (χ1) is 19.0. The molecule has 0 atom stereocenters. The summed E-state index contributed by atoms with van der Waals surface area (Å²) >= 11 is 6.34. The summed E-state index contributed by atoms with van der Waals surface area (Å²) < 4.78 is 71.4. The van der Waals surface area contributed by atoms with Gasteiger partial charge in [-0.05, 0) is 49.2 Å². The summed E-state index contributed by atoms with van der Waals surface area (Å²) in [5.41, 5.74) is -1.45. The van der Waals surface area contributed by atoms with Crippen molar-refractivity contribution in [1.82, 2.24) is 19.3 Å². The third-order valence-corrected chi connectivity index (χ3v) is 6.86. The van der Waals surface area contributed by atoms with Gasteiger partial charge in [0.15, 0.2) is 0 Å². The van der Waals surface area contributed by atoms with Crippen molar-refractivity contribution in [3.05, 3.63) is 99.2 Å². The van der Waals surface area contributed by atoms with Gasteiger partial charge < -0.3 is 14.9 Å². The molecule has 2 aromatic carbocycles. The van der Waals surface area contributed by atoms with Crippen LogP contribution in [0.3, 0.4) is 0 Å². The second-order valence-corrected chi connectivity index (χ2v) is 9.80. The Balaban J connectivity index is 1.55. The molecule has 0 unspecified atom stereocenters. The Morgan fingerprint density at radius 3 is 2.55 bits per heavy atom. The van der Waals surface area contributed by atoms with E-state index in [0.717, 1.165) is 25.0 Å². The van der Waals surface area contributed by atoms with Crippen molar-refractivity contribution >= 4 is 34.1 Å². The highest BCUT2D eigenvalue weighted by Gasteiger charge is 2.32. The number of rotatable bonds is 5. The maximum Gasteiger partial charge on any atom is 0.416 e. The van der Waals surface area contributed by atoms with Gasteiger partial charge in [0.2, 0.25) is 0 Å². The monoisotopic (exact) mass is 573 g/mol. The lowest BCUT2D eigenvalue weighted by atomic mass is 10.1. The molecule has 1 saturated carbocycles. The largest absolute Gasteiger partial charge is 0.416 e. The Bertz CT molecular complexity index is 1870. The Hall–Kier alpha value is -4.45. The molecule has 3 aromatic heterocycles. The van der Waals surface area contributed by atoms with Crippen LogP contribution < -0.4 is 10.9 Å². The maximum atomic E-state index is 14.2. The summed E-state index contributed by atoms with van der Waals surface area (Å²) in [6, 6.07) is 6.52. The van der Waals surface area contributed by atoms with Crippen molar-refractivity contribution in [3.63, 3.8) is 0 Å². The second-order valence-electron chi connectivity index (χ2n) is 9.40. The molecule has 5 aromatic rings. The van der Waals surface area contributed by atoms with Gasteiger partial charge in [-0.25, -0.2) is 8.78 Å². The predicted molar refractivity (Wildman–Crippen MR) is 138 cm³/mol. The summed E-state index contributed by atoms with van der Waals surface area (Å²) in [4.78, 5) is 28.5. The molecule has 40 heavy (non-hydrogen) atoms. The number of alkyl halides is 3. The Morgan fingerprint density at radius 1 is 1.05 bits per heavy atom. The highest BCUT2D eigenvalue weighted by molar-refractivity contribution is 6.33.